The van der Waals surface area contributed by atoms with Crippen molar-refractivity contribution in [2.24, 2.45) is 0 Å². The molecule has 0 aliphatic rings. The maximum atomic E-state index is 10.5. The van der Waals surface area contributed by atoms with E-state index in [0.717, 1.165) is 4.90 Å². The molecule has 1 amide bonds. The van der Waals surface area contributed by atoms with Gasteiger partial charge in [-0.15, -0.1) is 0 Å². The van der Waals surface area contributed by atoms with E-state index in [1.165, 1.54) is 6.92 Å². The van der Waals surface area contributed by atoms with E-state index in [9.17, 15) is 4.79 Å². The van der Waals surface area contributed by atoms with Crippen molar-refractivity contribution >= 4 is 5.91 Å². The van der Waals surface area contributed by atoms with E-state index < -0.39 is 0 Å². The highest BCUT2D eigenvalue weighted by molar-refractivity contribution is 5.75. The molecule has 3 nitrogen and oxygen atoms in total. The number of amides is 1. The van der Waals surface area contributed by atoms with Crippen molar-refractivity contribution in [3.8, 4) is 6.19 Å². The molecular weight excluding hydrogens is 116 g/mol. The maximum Gasteiger partial charge on any atom is 0.232 e. The summed E-state index contributed by atoms with van der Waals surface area (Å²) in [5.74, 6) is -0.201. The van der Waals surface area contributed by atoms with Crippen molar-refractivity contribution in [3.05, 3.63) is 0 Å². The second kappa shape index (κ2) is 3.08. The lowest BCUT2D eigenvalue weighted by Gasteiger charge is -2.14. The van der Waals surface area contributed by atoms with Gasteiger partial charge < -0.3 is 0 Å². The van der Waals surface area contributed by atoms with Crippen LogP contribution in [0.2, 0.25) is 0 Å². The minimum Gasteiger partial charge on any atom is -0.274 e. The third-order valence-corrected chi connectivity index (χ3v) is 0.963. The summed E-state index contributed by atoms with van der Waals surface area (Å²) in [6, 6.07) is -0.0208. The molecule has 0 aromatic heterocycles. The van der Waals surface area contributed by atoms with Crippen molar-refractivity contribution in [3.63, 3.8) is 0 Å². The molecule has 0 bridgehead atoms. The lowest BCUT2D eigenvalue weighted by atomic mass is 10.3. The van der Waals surface area contributed by atoms with Crippen molar-refractivity contribution in [1.82, 2.24) is 4.90 Å². The van der Waals surface area contributed by atoms with Crippen molar-refractivity contribution < 1.29 is 4.79 Å². The Kier molecular flexibility index (Phi) is 2.72. The summed E-state index contributed by atoms with van der Waals surface area (Å²) in [5.41, 5.74) is 0. The third kappa shape index (κ3) is 2.13. The molecule has 50 valence electrons. The molecular formula is C6H10N2O. The molecule has 0 rings (SSSR count). The maximum absolute atomic E-state index is 10.5. The fourth-order valence-corrected chi connectivity index (χ4v) is 0.549. The van der Waals surface area contributed by atoms with Crippen LogP contribution in [-0.2, 0) is 4.79 Å². The monoisotopic (exact) mass is 126 g/mol. The first kappa shape index (κ1) is 7.96. The van der Waals surface area contributed by atoms with Gasteiger partial charge in [0.15, 0.2) is 6.19 Å². The first-order chi connectivity index (χ1) is 4.09. The SMILES string of the molecule is CC(=O)N(C#N)C(C)C. The number of carbonyl (C=O) groups is 1. The van der Waals surface area contributed by atoms with Crippen LogP contribution in [0.5, 0.6) is 0 Å². The zero-order valence-corrected chi connectivity index (χ0v) is 5.88. The quantitative estimate of drug-likeness (QED) is 0.384. The lowest BCUT2D eigenvalue weighted by molar-refractivity contribution is -0.127. The largest absolute Gasteiger partial charge is 0.274 e. The highest BCUT2D eigenvalue weighted by atomic mass is 16.2. The zero-order valence-electron chi connectivity index (χ0n) is 5.88. The Balaban J connectivity index is 4.04. The molecule has 0 aliphatic heterocycles. The van der Waals surface area contributed by atoms with Crippen molar-refractivity contribution in [2.75, 3.05) is 0 Å². The predicted octanol–water partition coefficient (Wildman–Crippen LogP) is 0.724. The Morgan fingerprint density at radius 1 is 1.67 bits per heavy atom. The highest BCUT2D eigenvalue weighted by Crippen LogP contribution is 1.94. The van der Waals surface area contributed by atoms with Gasteiger partial charge >= 0.3 is 0 Å². The van der Waals surface area contributed by atoms with Gasteiger partial charge in [-0.05, 0) is 13.8 Å². The minimum absolute atomic E-state index is 0.0208. The number of carbonyl (C=O) groups excluding carboxylic acids is 1. The molecule has 0 unspecified atom stereocenters. The van der Waals surface area contributed by atoms with Gasteiger partial charge in [0.05, 0.1) is 0 Å². The second-order valence-corrected chi connectivity index (χ2v) is 2.08. The van der Waals surface area contributed by atoms with Crippen LogP contribution in [0.25, 0.3) is 0 Å². The average Bonchev–Trinajstić information content (AvgIpc) is 1.64. The number of nitrogens with zero attached hydrogens (tertiary/aromatic N) is 2. The number of hydrogen-bond acceptors (Lipinski definition) is 2. The van der Waals surface area contributed by atoms with Gasteiger partial charge in [0.2, 0.25) is 5.91 Å². The first-order valence-electron chi connectivity index (χ1n) is 2.79. The topological polar surface area (TPSA) is 44.1 Å². The molecule has 0 heterocycles. The zero-order chi connectivity index (χ0) is 7.44. The van der Waals surface area contributed by atoms with Crippen molar-refractivity contribution in [1.29, 1.82) is 5.26 Å². The van der Waals surface area contributed by atoms with Crippen LogP contribution in [0.15, 0.2) is 0 Å². The molecule has 9 heavy (non-hydrogen) atoms. The standard InChI is InChI=1S/C6H10N2O/c1-5(2)8(4-7)6(3)9/h5H,1-3H3. The van der Waals surface area contributed by atoms with Crippen LogP contribution >= 0.6 is 0 Å². The lowest BCUT2D eigenvalue weighted by Crippen LogP contribution is -2.30. The van der Waals surface area contributed by atoms with Gasteiger partial charge in [-0.2, -0.15) is 5.26 Å². The second-order valence-electron chi connectivity index (χ2n) is 2.08. The number of nitriles is 1. The van der Waals surface area contributed by atoms with Gasteiger partial charge in [-0.25, -0.2) is 4.90 Å². The van der Waals surface area contributed by atoms with Gasteiger partial charge in [0.1, 0.15) is 0 Å². The summed E-state index contributed by atoms with van der Waals surface area (Å²) < 4.78 is 0. The summed E-state index contributed by atoms with van der Waals surface area (Å²) in [6.07, 6.45) is 1.78. The van der Waals surface area contributed by atoms with E-state index in [0.29, 0.717) is 0 Å². The molecule has 3 heteroatoms. The summed E-state index contributed by atoms with van der Waals surface area (Å²) in [6.45, 7) is 4.97. The van der Waals surface area contributed by atoms with Gasteiger partial charge in [0, 0.05) is 13.0 Å². The molecule has 0 aromatic carbocycles. The Morgan fingerprint density at radius 3 is 2.11 bits per heavy atom. The summed E-state index contributed by atoms with van der Waals surface area (Å²) in [7, 11) is 0. The number of rotatable bonds is 1. The van der Waals surface area contributed by atoms with Gasteiger partial charge in [-0.3, -0.25) is 4.79 Å². The van der Waals surface area contributed by atoms with Crippen molar-refractivity contribution in [2.45, 2.75) is 26.8 Å². The fourth-order valence-electron chi connectivity index (χ4n) is 0.549. The Morgan fingerprint density at radius 2 is 2.11 bits per heavy atom. The summed E-state index contributed by atoms with van der Waals surface area (Å²) in [5, 5.41) is 8.32. The molecule has 0 N–H and O–H groups in total. The first-order valence-corrected chi connectivity index (χ1v) is 2.79. The van der Waals surface area contributed by atoms with E-state index in [1.54, 1.807) is 20.0 Å². The van der Waals surface area contributed by atoms with Crippen LogP contribution in [0, 0.1) is 11.5 Å². The van der Waals surface area contributed by atoms with Crippen LogP contribution in [0.1, 0.15) is 20.8 Å². The molecule has 0 aromatic rings. The van der Waals surface area contributed by atoms with Crippen LogP contribution in [-0.4, -0.2) is 16.8 Å². The molecule has 0 spiro atoms. The minimum atomic E-state index is -0.201. The normalized spacial score (nSPS) is 8.78. The Bertz CT molecular complexity index is 146. The van der Waals surface area contributed by atoms with E-state index in [-0.39, 0.29) is 11.9 Å². The predicted molar refractivity (Wildman–Crippen MR) is 33.3 cm³/mol. The van der Waals surface area contributed by atoms with Gasteiger partial charge in [0.25, 0.3) is 0 Å². The number of hydrogen-bond donors (Lipinski definition) is 0. The average molecular weight is 126 g/mol. The van der Waals surface area contributed by atoms with Crippen LogP contribution in [0.3, 0.4) is 0 Å². The van der Waals surface area contributed by atoms with E-state index in [2.05, 4.69) is 0 Å². The Hall–Kier alpha value is -1.04. The van der Waals surface area contributed by atoms with Crippen LogP contribution in [0.4, 0.5) is 0 Å². The molecule has 0 atom stereocenters. The van der Waals surface area contributed by atoms with Crippen LogP contribution < -0.4 is 0 Å². The molecule has 0 aliphatic carbocycles. The smallest absolute Gasteiger partial charge is 0.232 e. The van der Waals surface area contributed by atoms with E-state index in [4.69, 9.17) is 5.26 Å². The van der Waals surface area contributed by atoms with E-state index >= 15 is 0 Å². The molecule has 0 radical (unpaired) electrons. The summed E-state index contributed by atoms with van der Waals surface area (Å²) in [4.78, 5) is 11.6. The third-order valence-electron chi connectivity index (χ3n) is 0.963. The van der Waals surface area contributed by atoms with Gasteiger partial charge in [-0.1, -0.05) is 0 Å². The molecule has 0 fully saturated rings. The molecule has 0 saturated carbocycles. The highest BCUT2D eigenvalue weighted by Gasteiger charge is 2.09. The summed E-state index contributed by atoms with van der Waals surface area (Å²) >= 11 is 0. The fraction of sp³-hybridized carbons (Fsp3) is 0.667. The Labute approximate surface area is 54.9 Å². The molecule has 0 saturated heterocycles. The van der Waals surface area contributed by atoms with E-state index in [1.807, 2.05) is 0 Å².